The molecule has 1 aromatic carbocycles. The molecule has 5 N–H and O–H groups in total. The molecule has 3 heterocycles. The summed E-state index contributed by atoms with van der Waals surface area (Å²) in [5.41, 5.74) is 2.50. The number of pyridine rings is 2. The molecule has 4 rings (SSSR count). The van der Waals surface area contributed by atoms with E-state index in [0.29, 0.717) is 29.7 Å². The van der Waals surface area contributed by atoms with Gasteiger partial charge in [0, 0.05) is 30.7 Å². The number of H-pyrrole nitrogens is 1. The van der Waals surface area contributed by atoms with Crippen molar-refractivity contribution in [1.29, 1.82) is 0 Å². The van der Waals surface area contributed by atoms with Gasteiger partial charge in [0.1, 0.15) is 11.5 Å². The second-order valence-electron chi connectivity index (χ2n) is 6.48. The quantitative estimate of drug-likeness (QED) is 0.510. The third-order valence-corrected chi connectivity index (χ3v) is 4.97. The first kappa shape index (κ1) is 18.5. The highest BCUT2D eigenvalue weighted by atomic mass is 32.2. The van der Waals surface area contributed by atoms with Gasteiger partial charge in [-0.2, -0.15) is 8.42 Å². The predicted molar refractivity (Wildman–Crippen MR) is 102 cm³/mol. The van der Waals surface area contributed by atoms with E-state index < -0.39 is 16.0 Å². The van der Waals surface area contributed by atoms with Crippen LogP contribution in [0, 0.1) is 5.82 Å². The third kappa shape index (κ3) is 3.87. The number of halogens is 1. The van der Waals surface area contributed by atoms with Crippen molar-refractivity contribution in [1.82, 2.24) is 19.8 Å². The summed E-state index contributed by atoms with van der Waals surface area (Å²) in [6.45, 7) is 0.642. The van der Waals surface area contributed by atoms with Crippen molar-refractivity contribution in [2.24, 2.45) is 5.14 Å². The summed E-state index contributed by atoms with van der Waals surface area (Å²) in [7, 11) is -3.87. The Bertz CT molecular complexity index is 1230. The number of hydrogen-bond donors (Lipinski definition) is 4. The van der Waals surface area contributed by atoms with Crippen molar-refractivity contribution in [3.8, 4) is 0 Å². The normalized spacial score (nSPS) is 14.8. The number of aromatic nitrogens is 2. The second-order valence-corrected chi connectivity index (χ2v) is 7.75. The molecule has 0 fully saturated rings. The van der Waals surface area contributed by atoms with E-state index in [1.54, 1.807) is 18.2 Å². The zero-order valence-electron chi connectivity index (χ0n) is 14.6. The summed E-state index contributed by atoms with van der Waals surface area (Å²) in [6, 6.07) is 7.73. The smallest absolute Gasteiger partial charge is 0.287 e. The first-order valence-electron chi connectivity index (χ1n) is 8.40. The van der Waals surface area contributed by atoms with E-state index >= 15 is 0 Å². The number of aromatic amines is 1. The van der Waals surface area contributed by atoms with E-state index in [0.717, 1.165) is 11.1 Å². The van der Waals surface area contributed by atoms with Gasteiger partial charge in [-0.05, 0) is 41.8 Å². The number of rotatable bonds is 4. The van der Waals surface area contributed by atoms with Gasteiger partial charge < -0.3 is 10.3 Å². The number of anilines is 2. The van der Waals surface area contributed by atoms with E-state index in [2.05, 4.69) is 20.1 Å². The molecule has 0 unspecified atom stereocenters. The SMILES string of the molecule is NS(=O)(=O)NN1CCc2cc(F)c(Nc3ccnc4[nH]c(=O)ccc34)cc2C1. The second kappa shape index (κ2) is 6.95. The monoisotopic (exact) mass is 404 g/mol. The molecule has 0 spiro atoms. The van der Waals surface area contributed by atoms with E-state index in [9.17, 15) is 17.6 Å². The van der Waals surface area contributed by atoms with Gasteiger partial charge in [-0.25, -0.2) is 19.5 Å². The molecular weight excluding hydrogens is 387 g/mol. The molecule has 0 amide bonds. The molecular formula is C17H17FN6O3S. The van der Waals surface area contributed by atoms with E-state index in [1.165, 1.54) is 23.3 Å². The fourth-order valence-corrected chi connectivity index (χ4v) is 3.76. The Hall–Kier alpha value is -2.86. The maximum atomic E-state index is 14.6. The summed E-state index contributed by atoms with van der Waals surface area (Å²) in [5, 5.41) is 10.2. The minimum Gasteiger partial charge on any atom is -0.352 e. The van der Waals surface area contributed by atoms with Crippen LogP contribution in [0.3, 0.4) is 0 Å². The van der Waals surface area contributed by atoms with Crippen LogP contribution < -0.4 is 20.8 Å². The third-order valence-electron chi connectivity index (χ3n) is 4.46. The van der Waals surface area contributed by atoms with Crippen LogP contribution in [-0.4, -0.2) is 29.9 Å². The van der Waals surface area contributed by atoms with Crippen molar-refractivity contribution >= 4 is 32.6 Å². The molecule has 0 atom stereocenters. The van der Waals surface area contributed by atoms with Crippen molar-refractivity contribution in [2.45, 2.75) is 13.0 Å². The summed E-state index contributed by atoms with van der Waals surface area (Å²) < 4.78 is 37.1. The van der Waals surface area contributed by atoms with Crippen LogP contribution in [0.2, 0.25) is 0 Å². The Morgan fingerprint density at radius 2 is 2.00 bits per heavy atom. The summed E-state index contributed by atoms with van der Waals surface area (Å²) in [6.07, 6.45) is 1.99. The molecule has 1 aliphatic rings. The lowest BCUT2D eigenvalue weighted by Gasteiger charge is -2.28. The molecule has 0 saturated heterocycles. The van der Waals surface area contributed by atoms with Crippen LogP contribution in [0.25, 0.3) is 11.0 Å². The Kier molecular flexibility index (Phi) is 4.59. The van der Waals surface area contributed by atoms with Crippen molar-refractivity contribution in [3.63, 3.8) is 0 Å². The van der Waals surface area contributed by atoms with Crippen molar-refractivity contribution in [2.75, 3.05) is 11.9 Å². The van der Waals surface area contributed by atoms with Crippen molar-refractivity contribution < 1.29 is 12.8 Å². The van der Waals surface area contributed by atoms with Gasteiger partial charge in [0.15, 0.2) is 0 Å². The lowest BCUT2D eigenvalue weighted by atomic mass is 9.99. The van der Waals surface area contributed by atoms with Gasteiger partial charge in [-0.15, -0.1) is 4.83 Å². The molecule has 28 heavy (non-hydrogen) atoms. The molecule has 11 heteroatoms. The number of nitrogens with two attached hydrogens (primary N) is 1. The predicted octanol–water partition coefficient (Wildman–Crippen LogP) is 0.872. The zero-order chi connectivity index (χ0) is 19.9. The molecule has 146 valence electrons. The molecule has 1 aliphatic heterocycles. The summed E-state index contributed by atoms with van der Waals surface area (Å²) >= 11 is 0. The first-order valence-corrected chi connectivity index (χ1v) is 9.94. The Balaban J connectivity index is 1.67. The van der Waals surface area contributed by atoms with E-state index in [-0.39, 0.29) is 17.8 Å². The molecule has 3 aromatic rings. The van der Waals surface area contributed by atoms with Crippen LogP contribution in [0.15, 0.2) is 41.3 Å². The molecule has 0 bridgehead atoms. The maximum absolute atomic E-state index is 14.6. The number of nitrogens with zero attached hydrogens (tertiary/aromatic N) is 2. The van der Waals surface area contributed by atoms with Gasteiger partial charge in [0.05, 0.1) is 11.4 Å². The average Bonchev–Trinajstić information content (AvgIpc) is 2.61. The highest BCUT2D eigenvalue weighted by Gasteiger charge is 2.21. The first-order chi connectivity index (χ1) is 13.3. The van der Waals surface area contributed by atoms with E-state index in [1.807, 2.05) is 0 Å². The minimum absolute atomic E-state index is 0.231. The topological polar surface area (TPSA) is 133 Å². The van der Waals surface area contributed by atoms with Gasteiger partial charge in [-0.1, -0.05) is 0 Å². The van der Waals surface area contributed by atoms with Crippen LogP contribution >= 0.6 is 0 Å². The molecule has 0 radical (unpaired) electrons. The number of fused-ring (bicyclic) bond motifs is 2. The summed E-state index contributed by atoms with van der Waals surface area (Å²) in [4.78, 5) is 20.4. The number of hydrazine groups is 1. The van der Waals surface area contributed by atoms with Gasteiger partial charge in [0.2, 0.25) is 5.56 Å². The lowest BCUT2D eigenvalue weighted by Crippen LogP contribution is -2.47. The fraction of sp³-hybridized carbons (Fsp3) is 0.176. The van der Waals surface area contributed by atoms with Crippen LogP contribution in [0.1, 0.15) is 11.1 Å². The lowest BCUT2D eigenvalue weighted by molar-refractivity contribution is 0.221. The maximum Gasteiger partial charge on any atom is 0.287 e. The van der Waals surface area contributed by atoms with Gasteiger partial charge in [-0.3, -0.25) is 4.79 Å². The number of nitrogens with one attached hydrogen (secondary N) is 3. The zero-order valence-corrected chi connectivity index (χ0v) is 15.4. The molecule has 0 saturated carbocycles. The number of benzene rings is 1. The highest BCUT2D eigenvalue weighted by Crippen LogP contribution is 2.29. The van der Waals surface area contributed by atoms with Crippen LogP contribution in [-0.2, 0) is 23.2 Å². The summed E-state index contributed by atoms with van der Waals surface area (Å²) in [5.74, 6) is -0.430. The molecule has 9 nitrogen and oxygen atoms in total. The molecule has 2 aromatic heterocycles. The Morgan fingerprint density at radius 3 is 2.79 bits per heavy atom. The fourth-order valence-electron chi connectivity index (χ4n) is 3.25. The van der Waals surface area contributed by atoms with Crippen molar-refractivity contribution in [3.05, 3.63) is 63.8 Å². The van der Waals surface area contributed by atoms with Gasteiger partial charge in [0.25, 0.3) is 10.2 Å². The van der Waals surface area contributed by atoms with E-state index in [4.69, 9.17) is 5.14 Å². The molecule has 0 aliphatic carbocycles. The average molecular weight is 404 g/mol. The largest absolute Gasteiger partial charge is 0.352 e. The van der Waals surface area contributed by atoms with Crippen LogP contribution in [0.5, 0.6) is 0 Å². The standard InChI is InChI=1S/C17H17FN6O3S/c18-13-7-10-4-6-24(23-28(19,26)27)9-11(10)8-15(13)21-14-3-5-20-17-12(14)1-2-16(25)22-17/h1-3,5,7-8,23H,4,6,9H2,(H2,19,26,27)(H2,20,21,22,25). The minimum atomic E-state index is -3.87. The van der Waals surface area contributed by atoms with Gasteiger partial charge >= 0.3 is 0 Å². The highest BCUT2D eigenvalue weighted by molar-refractivity contribution is 7.87. The Morgan fingerprint density at radius 1 is 1.18 bits per heavy atom. The number of hydrogen-bond acceptors (Lipinski definition) is 6. The van der Waals surface area contributed by atoms with Crippen LogP contribution in [0.4, 0.5) is 15.8 Å². The Labute approximate surface area is 159 Å².